The lowest BCUT2D eigenvalue weighted by Crippen LogP contribution is -2.48. The first kappa shape index (κ1) is 16.8. The van der Waals surface area contributed by atoms with E-state index < -0.39 is 0 Å². The van der Waals surface area contributed by atoms with Crippen LogP contribution in [0.2, 0.25) is 0 Å². The lowest BCUT2D eigenvalue weighted by molar-refractivity contribution is 0.0581. The Labute approximate surface area is 160 Å². The highest BCUT2D eigenvalue weighted by molar-refractivity contribution is 5.95. The smallest absolute Gasteiger partial charge is 0.254 e. The van der Waals surface area contributed by atoms with Crippen molar-refractivity contribution in [1.82, 2.24) is 9.80 Å². The molecule has 1 amide bonds. The highest BCUT2D eigenvalue weighted by Gasteiger charge is 2.40. The summed E-state index contributed by atoms with van der Waals surface area (Å²) in [7, 11) is 0. The summed E-state index contributed by atoms with van der Waals surface area (Å²) in [6.07, 6.45) is 4.57. The maximum absolute atomic E-state index is 13.1. The van der Waals surface area contributed by atoms with Crippen LogP contribution >= 0.6 is 0 Å². The minimum Gasteiger partial charge on any atom is -0.508 e. The second-order valence-electron chi connectivity index (χ2n) is 8.39. The summed E-state index contributed by atoms with van der Waals surface area (Å²) in [5.41, 5.74) is 3.58. The van der Waals surface area contributed by atoms with Crippen LogP contribution in [-0.4, -0.2) is 52.5 Å². The Balaban J connectivity index is 1.34. The lowest BCUT2D eigenvalue weighted by atomic mass is 9.94. The van der Waals surface area contributed by atoms with Crippen molar-refractivity contribution in [3.63, 3.8) is 0 Å². The molecule has 2 atom stereocenters. The Hall–Kier alpha value is -2.33. The van der Waals surface area contributed by atoms with E-state index in [2.05, 4.69) is 34.1 Å². The van der Waals surface area contributed by atoms with Gasteiger partial charge in [-0.1, -0.05) is 30.3 Å². The molecule has 4 heteroatoms. The van der Waals surface area contributed by atoms with E-state index in [9.17, 15) is 9.90 Å². The first-order valence-corrected chi connectivity index (χ1v) is 10.1. The summed E-state index contributed by atoms with van der Waals surface area (Å²) in [6, 6.07) is 16.4. The van der Waals surface area contributed by atoms with Gasteiger partial charge in [0.2, 0.25) is 0 Å². The molecule has 1 aliphatic carbocycles. The van der Waals surface area contributed by atoms with Gasteiger partial charge in [-0.25, -0.2) is 0 Å². The maximum atomic E-state index is 13.1. The van der Waals surface area contributed by atoms with Gasteiger partial charge in [-0.05, 0) is 60.9 Å². The van der Waals surface area contributed by atoms with E-state index in [0.717, 1.165) is 38.9 Å². The van der Waals surface area contributed by atoms with Crippen molar-refractivity contribution in [2.24, 2.45) is 5.92 Å². The van der Waals surface area contributed by atoms with Crippen LogP contribution in [0.15, 0.2) is 48.5 Å². The molecule has 3 heterocycles. The van der Waals surface area contributed by atoms with Crippen LogP contribution < -0.4 is 0 Å². The van der Waals surface area contributed by atoms with E-state index in [1.165, 1.54) is 17.5 Å². The number of hydrogen-bond donors (Lipinski definition) is 1. The summed E-state index contributed by atoms with van der Waals surface area (Å²) < 4.78 is 0. The number of piperidine rings is 1. The quantitative estimate of drug-likeness (QED) is 0.893. The number of carbonyl (C=O) groups excluding carboxylic acids is 1. The van der Waals surface area contributed by atoms with Gasteiger partial charge in [-0.3, -0.25) is 9.69 Å². The van der Waals surface area contributed by atoms with Crippen molar-refractivity contribution in [3.8, 4) is 5.75 Å². The van der Waals surface area contributed by atoms with E-state index in [1.54, 1.807) is 18.2 Å². The predicted molar refractivity (Wildman–Crippen MR) is 105 cm³/mol. The zero-order valence-corrected chi connectivity index (χ0v) is 15.6. The zero-order chi connectivity index (χ0) is 18.4. The van der Waals surface area contributed by atoms with Crippen LogP contribution in [0.3, 0.4) is 0 Å². The van der Waals surface area contributed by atoms with Crippen molar-refractivity contribution in [2.75, 3.05) is 19.6 Å². The zero-order valence-electron chi connectivity index (χ0n) is 15.6. The molecule has 2 aromatic carbocycles. The largest absolute Gasteiger partial charge is 0.508 e. The van der Waals surface area contributed by atoms with Crippen molar-refractivity contribution >= 4 is 5.91 Å². The molecular weight excluding hydrogens is 336 g/mol. The molecule has 27 heavy (non-hydrogen) atoms. The van der Waals surface area contributed by atoms with Crippen molar-refractivity contribution in [3.05, 3.63) is 65.2 Å². The average Bonchev–Trinajstić information content (AvgIpc) is 2.90. The highest BCUT2D eigenvalue weighted by atomic mass is 16.3. The Morgan fingerprint density at radius 3 is 2.41 bits per heavy atom. The summed E-state index contributed by atoms with van der Waals surface area (Å²) in [4.78, 5) is 17.8. The number of aromatic hydroxyl groups is 1. The topological polar surface area (TPSA) is 43.8 Å². The number of carbonyl (C=O) groups is 1. The summed E-state index contributed by atoms with van der Waals surface area (Å²) in [5, 5.41) is 9.74. The van der Waals surface area contributed by atoms with Gasteiger partial charge in [0.05, 0.1) is 0 Å². The van der Waals surface area contributed by atoms with Crippen LogP contribution in [0.1, 0.15) is 34.3 Å². The summed E-state index contributed by atoms with van der Waals surface area (Å²) in [6.45, 7) is 2.91. The number of fused-ring (bicyclic) bond motifs is 5. The van der Waals surface area contributed by atoms with Gasteiger partial charge in [0.1, 0.15) is 5.75 Å². The summed E-state index contributed by atoms with van der Waals surface area (Å²) in [5.74, 6) is 0.775. The average molecular weight is 362 g/mol. The van der Waals surface area contributed by atoms with Crippen LogP contribution in [0, 0.1) is 5.92 Å². The predicted octanol–water partition coefficient (Wildman–Crippen LogP) is 3.10. The van der Waals surface area contributed by atoms with Gasteiger partial charge in [-0.15, -0.1) is 0 Å². The molecule has 3 fully saturated rings. The fourth-order valence-electron chi connectivity index (χ4n) is 5.26. The SMILES string of the molecule is O=C(c1cccc(O)c1)N1C[C@H]2CC[C@@H]1CN(C1Cc3ccccc3C1)C2. The lowest BCUT2D eigenvalue weighted by Gasteiger charge is -2.36. The first-order chi connectivity index (χ1) is 13.2. The number of benzene rings is 2. The number of nitrogens with zero attached hydrogens (tertiary/aromatic N) is 2. The van der Waals surface area contributed by atoms with Gasteiger partial charge >= 0.3 is 0 Å². The number of phenols is 1. The summed E-state index contributed by atoms with van der Waals surface area (Å²) >= 11 is 0. The fourth-order valence-corrected chi connectivity index (χ4v) is 5.26. The molecule has 140 valence electrons. The Morgan fingerprint density at radius 1 is 0.889 bits per heavy atom. The van der Waals surface area contributed by atoms with Crippen molar-refractivity contribution in [2.45, 2.75) is 37.8 Å². The molecule has 6 rings (SSSR count). The van der Waals surface area contributed by atoms with Gasteiger partial charge < -0.3 is 10.0 Å². The molecule has 0 unspecified atom stereocenters. The second-order valence-corrected chi connectivity index (χ2v) is 8.39. The van der Waals surface area contributed by atoms with E-state index in [4.69, 9.17) is 0 Å². The molecule has 3 aliphatic heterocycles. The number of phenolic OH excluding ortho intramolecular Hbond substituents is 1. The standard InChI is InChI=1S/C23H26N2O2/c26-22-7-3-6-19(12-22)23(27)25-14-16-8-9-20(25)15-24(13-16)21-10-17-4-1-2-5-18(17)11-21/h1-7,12,16,20-21,26H,8-11,13-15H2/t16-,20+/m0/s1. The second kappa shape index (κ2) is 6.68. The van der Waals surface area contributed by atoms with Crippen LogP contribution in [0.4, 0.5) is 0 Å². The van der Waals surface area contributed by atoms with Crippen molar-refractivity contribution in [1.29, 1.82) is 0 Å². The third kappa shape index (κ3) is 3.12. The molecule has 3 saturated heterocycles. The molecule has 4 nitrogen and oxygen atoms in total. The monoisotopic (exact) mass is 362 g/mol. The minimum atomic E-state index is 0.0668. The highest BCUT2D eigenvalue weighted by Crippen LogP contribution is 2.33. The molecule has 0 saturated carbocycles. The fraction of sp³-hybridized carbons (Fsp3) is 0.435. The number of amides is 1. The van der Waals surface area contributed by atoms with Gasteiger partial charge in [0.15, 0.2) is 0 Å². The molecule has 0 radical (unpaired) electrons. The van der Waals surface area contributed by atoms with E-state index in [0.29, 0.717) is 17.5 Å². The van der Waals surface area contributed by atoms with Gasteiger partial charge in [-0.2, -0.15) is 0 Å². The number of rotatable bonds is 2. The maximum Gasteiger partial charge on any atom is 0.254 e. The molecule has 2 aromatic rings. The molecule has 0 aromatic heterocycles. The van der Waals surface area contributed by atoms with E-state index in [-0.39, 0.29) is 17.7 Å². The van der Waals surface area contributed by atoms with Crippen molar-refractivity contribution < 1.29 is 9.90 Å². The van der Waals surface area contributed by atoms with Gasteiger partial charge in [0, 0.05) is 37.3 Å². The molecular formula is C23H26N2O2. The van der Waals surface area contributed by atoms with Gasteiger partial charge in [0.25, 0.3) is 5.91 Å². The third-order valence-corrected chi connectivity index (χ3v) is 6.64. The normalized spacial score (nSPS) is 25.4. The molecule has 0 spiro atoms. The number of hydrogen-bond acceptors (Lipinski definition) is 3. The Kier molecular flexibility index (Phi) is 4.16. The van der Waals surface area contributed by atoms with Crippen LogP contribution in [0.25, 0.3) is 0 Å². The molecule has 4 aliphatic rings. The third-order valence-electron chi connectivity index (χ3n) is 6.64. The van der Waals surface area contributed by atoms with E-state index >= 15 is 0 Å². The van der Waals surface area contributed by atoms with E-state index in [1.807, 2.05) is 6.07 Å². The van der Waals surface area contributed by atoms with Crippen LogP contribution in [0.5, 0.6) is 5.75 Å². The minimum absolute atomic E-state index is 0.0668. The first-order valence-electron chi connectivity index (χ1n) is 10.1. The Bertz CT molecular complexity index is 840. The Morgan fingerprint density at radius 2 is 1.67 bits per heavy atom. The molecule has 1 N–H and O–H groups in total. The van der Waals surface area contributed by atoms with Crippen LogP contribution in [-0.2, 0) is 12.8 Å². The molecule has 2 bridgehead atoms.